The Balaban J connectivity index is 1.39. The molecule has 1 saturated heterocycles. The van der Waals surface area contributed by atoms with Gasteiger partial charge in [0.25, 0.3) is 0 Å². The maximum atomic E-state index is 12.4. The van der Waals surface area contributed by atoms with Gasteiger partial charge >= 0.3 is 0 Å². The van der Waals surface area contributed by atoms with Crippen LogP contribution in [-0.4, -0.2) is 60.4 Å². The maximum absolute atomic E-state index is 12.4. The van der Waals surface area contributed by atoms with Crippen molar-refractivity contribution in [2.75, 3.05) is 32.7 Å². The van der Waals surface area contributed by atoms with Gasteiger partial charge in [0.2, 0.25) is 11.8 Å². The minimum atomic E-state index is 0.0589. The first-order valence-electron chi connectivity index (χ1n) is 9.75. The van der Waals surface area contributed by atoms with Crippen LogP contribution >= 0.6 is 0 Å². The fourth-order valence-electron chi connectivity index (χ4n) is 4.09. The molecule has 1 N–H and O–H groups in total. The fourth-order valence-corrected chi connectivity index (χ4v) is 4.09. The third-order valence-electron chi connectivity index (χ3n) is 5.83. The number of amides is 2. The van der Waals surface area contributed by atoms with Crippen molar-refractivity contribution in [3.8, 4) is 0 Å². The summed E-state index contributed by atoms with van der Waals surface area (Å²) < 4.78 is 0. The van der Waals surface area contributed by atoms with Gasteiger partial charge in [0.15, 0.2) is 0 Å². The van der Waals surface area contributed by atoms with Crippen molar-refractivity contribution in [2.24, 2.45) is 5.92 Å². The number of nitrogens with one attached hydrogen (secondary N) is 1. The Bertz CT molecular complexity index is 547. The molecule has 2 amide bonds. The number of piperidine rings is 1. The fraction of sp³-hybridized carbons (Fsp3) is 0.700. The first kappa shape index (κ1) is 18.2. The number of hydrogen-bond donors (Lipinski definition) is 1. The van der Waals surface area contributed by atoms with E-state index in [1.165, 1.54) is 24.8 Å². The van der Waals surface area contributed by atoms with Crippen molar-refractivity contribution in [2.45, 2.75) is 51.5 Å². The first-order chi connectivity index (χ1) is 12.1. The highest BCUT2D eigenvalue weighted by Gasteiger charge is 2.26. The lowest BCUT2D eigenvalue weighted by molar-refractivity contribution is -0.133. The summed E-state index contributed by atoms with van der Waals surface area (Å²) in [6, 6.07) is 0.604. The van der Waals surface area contributed by atoms with Gasteiger partial charge in [-0.2, -0.15) is 0 Å². The summed E-state index contributed by atoms with van der Waals surface area (Å²) in [5.74, 6) is 0.328. The first-order valence-corrected chi connectivity index (χ1v) is 9.75. The Morgan fingerprint density at radius 3 is 2.60 bits per heavy atom. The summed E-state index contributed by atoms with van der Waals surface area (Å²) in [4.78, 5) is 28.1. The topological polar surface area (TPSA) is 52.7 Å². The summed E-state index contributed by atoms with van der Waals surface area (Å²) in [5.41, 5.74) is 1.35. The van der Waals surface area contributed by atoms with Gasteiger partial charge in [0.1, 0.15) is 0 Å². The van der Waals surface area contributed by atoms with Gasteiger partial charge in [-0.1, -0.05) is 23.8 Å². The molecule has 138 valence electrons. The molecule has 0 spiro atoms. The molecule has 1 fully saturated rings. The van der Waals surface area contributed by atoms with E-state index in [-0.39, 0.29) is 17.7 Å². The molecule has 0 aromatic rings. The van der Waals surface area contributed by atoms with Crippen LogP contribution in [-0.2, 0) is 9.59 Å². The lowest BCUT2D eigenvalue weighted by Crippen LogP contribution is -2.43. The highest BCUT2D eigenvalue weighted by atomic mass is 16.2. The van der Waals surface area contributed by atoms with Gasteiger partial charge in [-0.25, -0.2) is 0 Å². The smallest absolute Gasteiger partial charge is 0.223 e. The zero-order chi connectivity index (χ0) is 17.6. The zero-order valence-electron chi connectivity index (χ0n) is 15.4. The molecule has 3 aliphatic rings. The largest absolute Gasteiger partial charge is 0.352 e. The second kappa shape index (κ2) is 8.65. The predicted molar refractivity (Wildman–Crippen MR) is 99.0 cm³/mol. The van der Waals surface area contributed by atoms with Crippen molar-refractivity contribution in [3.63, 3.8) is 0 Å². The van der Waals surface area contributed by atoms with E-state index in [1.54, 1.807) is 6.92 Å². The highest BCUT2D eigenvalue weighted by Crippen LogP contribution is 2.21. The summed E-state index contributed by atoms with van der Waals surface area (Å²) in [6.07, 6.45) is 13.4. The van der Waals surface area contributed by atoms with Crippen molar-refractivity contribution >= 4 is 11.8 Å². The van der Waals surface area contributed by atoms with Gasteiger partial charge in [0, 0.05) is 51.6 Å². The third-order valence-corrected chi connectivity index (χ3v) is 5.83. The quantitative estimate of drug-likeness (QED) is 0.794. The number of carbonyl (C=O) groups is 2. The van der Waals surface area contributed by atoms with Gasteiger partial charge in [-0.05, 0) is 38.5 Å². The Morgan fingerprint density at radius 1 is 1.20 bits per heavy atom. The van der Waals surface area contributed by atoms with E-state index in [9.17, 15) is 9.59 Å². The minimum Gasteiger partial charge on any atom is -0.352 e. The molecule has 0 radical (unpaired) electrons. The monoisotopic (exact) mass is 345 g/mol. The molecule has 1 aliphatic carbocycles. The van der Waals surface area contributed by atoms with Gasteiger partial charge in [0.05, 0.1) is 0 Å². The van der Waals surface area contributed by atoms with Crippen LogP contribution in [0.25, 0.3) is 0 Å². The van der Waals surface area contributed by atoms with Crippen LogP contribution in [0.1, 0.15) is 45.4 Å². The summed E-state index contributed by atoms with van der Waals surface area (Å²) in [6.45, 7) is 5.79. The molecule has 0 aromatic carbocycles. The van der Waals surface area contributed by atoms with Gasteiger partial charge in [-0.15, -0.1) is 0 Å². The highest BCUT2D eigenvalue weighted by molar-refractivity contribution is 5.79. The van der Waals surface area contributed by atoms with E-state index in [0.29, 0.717) is 25.7 Å². The molecule has 1 atom stereocenters. The summed E-state index contributed by atoms with van der Waals surface area (Å²) in [7, 11) is 0. The molecule has 0 unspecified atom stereocenters. The van der Waals surface area contributed by atoms with Crippen LogP contribution in [0.2, 0.25) is 0 Å². The lowest BCUT2D eigenvalue weighted by Gasteiger charge is -2.34. The molecule has 2 aliphatic heterocycles. The van der Waals surface area contributed by atoms with Crippen molar-refractivity contribution in [1.29, 1.82) is 0 Å². The maximum Gasteiger partial charge on any atom is 0.223 e. The molecule has 3 rings (SSSR count). The second-order valence-corrected chi connectivity index (χ2v) is 7.53. The van der Waals surface area contributed by atoms with E-state index >= 15 is 0 Å². The lowest BCUT2D eigenvalue weighted by atomic mass is 9.95. The molecule has 5 heteroatoms. The number of hydrogen-bond acceptors (Lipinski definition) is 3. The molecule has 0 saturated carbocycles. The van der Waals surface area contributed by atoms with E-state index in [1.807, 2.05) is 4.90 Å². The molecular weight excluding hydrogens is 314 g/mol. The Labute approximate surface area is 151 Å². The summed E-state index contributed by atoms with van der Waals surface area (Å²) in [5, 5.41) is 3.12. The Hall–Kier alpha value is -1.62. The number of allylic oxidation sites excluding steroid dienone is 1. The third kappa shape index (κ3) is 4.94. The van der Waals surface area contributed by atoms with Crippen molar-refractivity contribution in [1.82, 2.24) is 15.1 Å². The predicted octanol–water partition coefficient (Wildman–Crippen LogP) is 2.10. The second-order valence-electron chi connectivity index (χ2n) is 7.53. The Kier molecular flexibility index (Phi) is 6.29. The molecule has 25 heavy (non-hydrogen) atoms. The number of rotatable bonds is 4. The Morgan fingerprint density at radius 2 is 2.00 bits per heavy atom. The molecule has 0 bridgehead atoms. The van der Waals surface area contributed by atoms with Gasteiger partial charge < -0.3 is 10.2 Å². The standard InChI is InChI=1S/C20H31N3O2/c1-16(24)22-13-9-18(10-14-22)20(25)21-15-17-7-11-23(12-8-17)19-5-3-2-4-6-19/h3,5,7,18-19H,2,4,6,8-15H2,1H3,(H,21,25)/t19-/m1/s1. The summed E-state index contributed by atoms with van der Waals surface area (Å²) >= 11 is 0. The van der Waals surface area contributed by atoms with Crippen LogP contribution in [0.5, 0.6) is 0 Å². The zero-order valence-corrected chi connectivity index (χ0v) is 15.4. The molecule has 5 nitrogen and oxygen atoms in total. The van der Waals surface area contributed by atoms with Crippen LogP contribution in [0.4, 0.5) is 0 Å². The van der Waals surface area contributed by atoms with E-state index in [4.69, 9.17) is 0 Å². The average molecular weight is 345 g/mol. The number of likely N-dealkylation sites (tertiary alicyclic amines) is 1. The molecular formula is C20H31N3O2. The van der Waals surface area contributed by atoms with E-state index in [2.05, 4.69) is 28.4 Å². The van der Waals surface area contributed by atoms with Crippen LogP contribution in [0, 0.1) is 5.92 Å². The normalized spacial score (nSPS) is 25.6. The number of carbonyl (C=O) groups excluding carboxylic acids is 2. The molecule has 0 aromatic heterocycles. The van der Waals surface area contributed by atoms with Crippen LogP contribution in [0.15, 0.2) is 23.8 Å². The average Bonchev–Trinajstić information content (AvgIpc) is 2.67. The van der Waals surface area contributed by atoms with Crippen LogP contribution in [0.3, 0.4) is 0 Å². The minimum absolute atomic E-state index is 0.0589. The van der Waals surface area contributed by atoms with E-state index in [0.717, 1.165) is 32.4 Å². The molecule has 2 heterocycles. The van der Waals surface area contributed by atoms with Crippen molar-refractivity contribution in [3.05, 3.63) is 23.8 Å². The van der Waals surface area contributed by atoms with E-state index < -0.39 is 0 Å². The number of nitrogens with zero attached hydrogens (tertiary/aromatic N) is 2. The van der Waals surface area contributed by atoms with Crippen molar-refractivity contribution < 1.29 is 9.59 Å². The van der Waals surface area contributed by atoms with Gasteiger partial charge in [-0.3, -0.25) is 14.5 Å². The van der Waals surface area contributed by atoms with Crippen LogP contribution < -0.4 is 5.32 Å². The SMILES string of the molecule is CC(=O)N1CCC(C(=O)NCC2=CCN([C@@H]3C=CCCC3)CC2)CC1.